The van der Waals surface area contributed by atoms with E-state index in [1.807, 2.05) is 11.8 Å². The fourth-order valence-electron chi connectivity index (χ4n) is 2.47. The topological polar surface area (TPSA) is 56.7 Å². The molecule has 5 nitrogen and oxygen atoms in total. The molecule has 0 radical (unpaired) electrons. The Morgan fingerprint density at radius 2 is 2.05 bits per heavy atom. The van der Waals surface area contributed by atoms with Gasteiger partial charge in [-0.25, -0.2) is 4.98 Å². The van der Waals surface area contributed by atoms with Crippen LogP contribution in [0.4, 0.5) is 5.82 Å². The average Bonchev–Trinajstić information content (AvgIpc) is 2.40. The van der Waals surface area contributed by atoms with E-state index in [1.165, 1.54) is 0 Å². The SMILES string of the molecule is CC[C@@H](C(=O)O)N1CCN(c2ncc(Cl)cc2Cl)CC1. The second kappa shape index (κ2) is 6.61. The van der Waals surface area contributed by atoms with Gasteiger partial charge in [0, 0.05) is 32.4 Å². The van der Waals surface area contributed by atoms with E-state index in [9.17, 15) is 9.90 Å². The molecule has 1 N–H and O–H groups in total. The smallest absolute Gasteiger partial charge is 0.320 e. The molecule has 0 bridgehead atoms. The number of carbonyl (C=O) groups is 1. The molecule has 1 aromatic heterocycles. The summed E-state index contributed by atoms with van der Waals surface area (Å²) >= 11 is 12.0. The number of pyridine rings is 1. The van der Waals surface area contributed by atoms with Gasteiger partial charge in [-0.05, 0) is 12.5 Å². The molecular formula is C13H17Cl2N3O2. The van der Waals surface area contributed by atoms with E-state index >= 15 is 0 Å². The Bertz CT molecular complexity index is 491. The zero-order valence-electron chi connectivity index (χ0n) is 11.2. The van der Waals surface area contributed by atoms with Gasteiger partial charge in [0.2, 0.25) is 0 Å². The first kappa shape index (κ1) is 15.4. The lowest BCUT2D eigenvalue weighted by Crippen LogP contribution is -2.52. The van der Waals surface area contributed by atoms with Gasteiger partial charge in [0.1, 0.15) is 11.9 Å². The third-order valence-corrected chi connectivity index (χ3v) is 4.00. The molecule has 0 spiro atoms. The summed E-state index contributed by atoms with van der Waals surface area (Å²) < 4.78 is 0. The zero-order chi connectivity index (χ0) is 14.7. The van der Waals surface area contributed by atoms with Crippen molar-refractivity contribution in [2.75, 3.05) is 31.1 Å². The molecule has 0 aliphatic carbocycles. The first-order chi connectivity index (χ1) is 9.52. The molecule has 1 aromatic rings. The van der Waals surface area contributed by atoms with Gasteiger partial charge >= 0.3 is 5.97 Å². The molecule has 2 heterocycles. The summed E-state index contributed by atoms with van der Waals surface area (Å²) in [5.74, 6) is -0.0531. The lowest BCUT2D eigenvalue weighted by Gasteiger charge is -2.38. The number of rotatable bonds is 4. The van der Waals surface area contributed by atoms with Crippen LogP contribution < -0.4 is 4.90 Å². The number of hydrogen-bond acceptors (Lipinski definition) is 4. The summed E-state index contributed by atoms with van der Waals surface area (Å²) in [6, 6.07) is 1.26. The first-order valence-corrected chi connectivity index (χ1v) is 7.31. The van der Waals surface area contributed by atoms with Gasteiger partial charge in [-0.3, -0.25) is 9.69 Å². The fraction of sp³-hybridized carbons (Fsp3) is 0.538. The third-order valence-electron chi connectivity index (χ3n) is 3.51. The van der Waals surface area contributed by atoms with E-state index in [0.717, 1.165) is 0 Å². The second-order valence-corrected chi connectivity index (χ2v) is 5.59. The summed E-state index contributed by atoms with van der Waals surface area (Å²) in [6.07, 6.45) is 2.18. The van der Waals surface area contributed by atoms with Crippen molar-refractivity contribution in [3.63, 3.8) is 0 Å². The highest BCUT2D eigenvalue weighted by molar-refractivity contribution is 6.36. The number of aliphatic carboxylic acids is 1. The number of hydrogen-bond donors (Lipinski definition) is 1. The maximum atomic E-state index is 11.2. The normalized spacial score (nSPS) is 18.1. The van der Waals surface area contributed by atoms with E-state index in [-0.39, 0.29) is 0 Å². The molecule has 110 valence electrons. The highest BCUT2D eigenvalue weighted by Gasteiger charge is 2.28. The molecule has 0 unspecified atom stereocenters. The summed E-state index contributed by atoms with van der Waals surface area (Å²) in [5.41, 5.74) is 0. The van der Waals surface area contributed by atoms with Crippen LogP contribution in [0.1, 0.15) is 13.3 Å². The summed E-state index contributed by atoms with van der Waals surface area (Å²) in [6.45, 7) is 4.68. The van der Waals surface area contributed by atoms with E-state index in [2.05, 4.69) is 9.88 Å². The first-order valence-electron chi connectivity index (χ1n) is 6.55. The lowest BCUT2D eigenvalue weighted by molar-refractivity contribution is -0.143. The monoisotopic (exact) mass is 317 g/mol. The molecule has 1 saturated heterocycles. The third kappa shape index (κ3) is 3.34. The van der Waals surface area contributed by atoms with Crippen molar-refractivity contribution in [1.29, 1.82) is 0 Å². The molecule has 0 amide bonds. The number of anilines is 1. The van der Waals surface area contributed by atoms with Gasteiger partial charge in [0.25, 0.3) is 0 Å². The molecular weight excluding hydrogens is 301 g/mol. The number of aromatic nitrogens is 1. The molecule has 1 aliphatic heterocycles. The number of piperazine rings is 1. The predicted molar refractivity (Wildman–Crippen MR) is 79.8 cm³/mol. The van der Waals surface area contributed by atoms with Crippen molar-refractivity contribution in [1.82, 2.24) is 9.88 Å². The maximum absolute atomic E-state index is 11.2. The largest absolute Gasteiger partial charge is 0.480 e. The highest BCUT2D eigenvalue weighted by Crippen LogP contribution is 2.27. The Labute approximate surface area is 128 Å². The van der Waals surface area contributed by atoms with Crippen LogP contribution in [0, 0.1) is 0 Å². The standard InChI is InChI=1S/C13H17Cl2N3O2/c1-2-11(13(19)20)17-3-5-18(6-4-17)12-10(15)7-9(14)8-16-12/h7-8,11H,2-6H2,1H3,(H,19,20)/t11-/m0/s1. The van der Waals surface area contributed by atoms with Crippen LogP contribution >= 0.6 is 23.2 Å². The molecule has 7 heteroatoms. The minimum Gasteiger partial charge on any atom is -0.480 e. The van der Waals surface area contributed by atoms with Gasteiger partial charge in [-0.2, -0.15) is 0 Å². The van der Waals surface area contributed by atoms with E-state index in [4.69, 9.17) is 23.2 Å². The fourth-order valence-corrected chi connectivity index (χ4v) is 2.97. The minimum atomic E-state index is -0.761. The van der Waals surface area contributed by atoms with Gasteiger partial charge in [-0.1, -0.05) is 30.1 Å². The van der Waals surface area contributed by atoms with E-state index in [0.29, 0.717) is 48.5 Å². The van der Waals surface area contributed by atoms with Crippen LogP contribution in [0.25, 0.3) is 0 Å². The highest BCUT2D eigenvalue weighted by atomic mass is 35.5. The van der Waals surface area contributed by atoms with Crippen molar-refractivity contribution in [3.8, 4) is 0 Å². The van der Waals surface area contributed by atoms with Crippen molar-refractivity contribution in [2.45, 2.75) is 19.4 Å². The van der Waals surface area contributed by atoms with Gasteiger partial charge in [0.15, 0.2) is 0 Å². The van der Waals surface area contributed by atoms with Crippen molar-refractivity contribution in [3.05, 3.63) is 22.3 Å². The van der Waals surface area contributed by atoms with Crippen molar-refractivity contribution < 1.29 is 9.90 Å². The Kier molecular flexibility index (Phi) is 5.07. The Balaban J connectivity index is 2.02. The molecule has 0 saturated carbocycles. The zero-order valence-corrected chi connectivity index (χ0v) is 12.7. The van der Waals surface area contributed by atoms with Crippen LogP contribution in [0.15, 0.2) is 12.3 Å². The average molecular weight is 318 g/mol. The molecule has 1 fully saturated rings. The van der Waals surface area contributed by atoms with Crippen LogP contribution in [0.3, 0.4) is 0 Å². The van der Waals surface area contributed by atoms with Gasteiger partial charge in [-0.15, -0.1) is 0 Å². The lowest BCUT2D eigenvalue weighted by atomic mass is 10.1. The molecule has 20 heavy (non-hydrogen) atoms. The van der Waals surface area contributed by atoms with E-state index < -0.39 is 12.0 Å². The summed E-state index contributed by atoms with van der Waals surface area (Å²) in [7, 11) is 0. The van der Waals surface area contributed by atoms with E-state index in [1.54, 1.807) is 12.3 Å². The number of carboxylic acids is 1. The van der Waals surface area contributed by atoms with Crippen LogP contribution in [0.2, 0.25) is 10.0 Å². The molecule has 2 rings (SSSR count). The van der Waals surface area contributed by atoms with Crippen LogP contribution in [-0.2, 0) is 4.79 Å². The van der Waals surface area contributed by atoms with Crippen molar-refractivity contribution >= 4 is 35.0 Å². The number of carboxylic acid groups (broad SMARTS) is 1. The Morgan fingerprint density at radius 1 is 1.40 bits per heavy atom. The van der Waals surface area contributed by atoms with Gasteiger partial charge < -0.3 is 10.0 Å². The number of halogens is 2. The van der Waals surface area contributed by atoms with Crippen molar-refractivity contribution in [2.24, 2.45) is 0 Å². The van der Waals surface area contributed by atoms with Crippen LogP contribution in [-0.4, -0.2) is 53.2 Å². The Morgan fingerprint density at radius 3 is 2.55 bits per heavy atom. The predicted octanol–water partition coefficient (Wildman–Crippen LogP) is 2.37. The van der Waals surface area contributed by atoms with Crippen LogP contribution in [0.5, 0.6) is 0 Å². The Hall–Kier alpha value is -1.04. The summed E-state index contributed by atoms with van der Waals surface area (Å²) in [4.78, 5) is 19.5. The summed E-state index contributed by atoms with van der Waals surface area (Å²) in [5, 5.41) is 10.2. The molecule has 1 aliphatic rings. The minimum absolute atomic E-state index is 0.411. The molecule has 1 atom stereocenters. The maximum Gasteiger partial charge on any atom is 0.320 e. The quantitative estimate of drug-likeness (QED) is 0.924. The molecule has 0 aromatic carbocycles. The van der Waals surface area contributed by atoms with Gasteiger partial charge in [0.05, 0.1) is 10.0 Å². The number of nitrogens with zero attached hydrogens (tertiary/aromatic N) is 3. The second-order valence-electron chi connectivity index (χ2n) is 4.74.